The van der Waals surface area contributed by atoms with Crippen molar-refractivity contribution in [1.82, 2.24) is 0 Å². The van der Waals surface area contributed by atoms with Crippen LogP contribution >= 0.6 is 0 Å². The van der Waals surface area contributed by atoms with Gasteiger partial charge in [-0.1, -0.05) is 27.7 Å². The maximum atomic E-state index is 14.5. The molecule has 0 radical (unpaired) electrons. The molecular weight excluding hydrogens is 580 g/mol. The molecule has 0 aliphatic heterocycles. The molecule has 10 nitrogen and oxygen atoms in total. The van der Waals surface area contributed by atoms with E-state index in [1.807, 2.05) is 0 Å². The van der Waals surface area contributed by atoms with Gasteiger partial charge in [-0.3, -0.25) is 9.59 Å². The van der Waals surface area contributed by atoms with Gasteiger partial charge in [-0.25, -0.2) is 0 Å². The zero-order valence-electron chi connectivity index (χ0n) is 24.6. The summed E-state index contributed by atoms with van der Waals surface area (Å²) in [7, 11) is 0. The number of phenols is 8. The van der Waals surface area contributed by atoms with E-state index in [4.69, 9.17) is 0 Å². The molecule has 8 N–H and O–H groups in total. The molecule has 0 aliphatic carbocycles. The molecule has 0 heterocycles. The fourth-order valence-electron chi connectivity index (χ4n) is 7.96. The SMILES string of the molecule is Cc1c(O)c2c(=O)c3c(O)c(C(C)C)c(O)c4c5c(O)c(C(C)C)c(O)c6c(=O)c7c(O)cc(O)c8c(c1O)c2c(c34)c(c78)c65. The van der Waals surface area contributed by atoms with Crippen LogP contribution in [-0.4, -0.2) is 40.9 Å². The average Bonchev–Trinajstić information content (AvgIpc) is 2.94. The molecule has 0 aromatic heterocycles. The third kappa shape index (κ3) is 2.65. The Balaban J connectivity index is 2.01. The first-order valence-electron chi connectivity index (χ1n) is 14.4. The minimum absolute atomic E-state index is 0.0125. The number of aromatic hydroxyl groups is 8. The van der Waals surface area contributed by atoms with E-state index >= 15 is 0 Å². The molecule has 0 saturated carbocycles. The third-order valence-electron chi connectivity index (χ3n) is 9.75. The number of hydrogen-bond donors (Lipinski definition) is 8. The zero-order valence-corrected chi connectivity index (χ0v) is 24.6. The molecule has 0 spiro atoms. The van der Waals surface area contributed by atoms with E-state index in [9.17, 15) is 50.4 Å². The first kappa shape index (κ1) is 26.9. The van der Waals surface area contributed by atoms with E-state index in [2.05, 4.69) is 0 Å². The molecule has 226 valence electrons. The maximum absolute atomic E-state index is 14.5. The summed E-state index contributed by atoms with van der Waals surface area (Å²) in [5.41, 5.74) is -1.79. The Bertz CT molecular complexity index is 2780. The van der Waals surface area contributed by atoms with Crippen molar-refractivity contribution in [2.24, 2.45) is 0 Å². The lowest BCUT2D eigenvalue weighted by atomic mass is 9.76. The second-order valence-electron chi connectivity index (χ2n) is 12.7. The monoisotopic (exact) mass is 606 g/mol. The summed E-state index contributed by atoms with van der Waals surface area (Å²) in [5, 5.41) is 90.9. The lowest BCUT2D eigenvalue weighted by molar-refractivity contribution is 0.438. The Hall–Kier alpha value is -5.64. The number of hydrogen-bond acceptors (Lipinski definition) is 10. The third-order valence-corrected chi connectivity index (χ3v) is 9.75. The van der Waals surface area contributed by atoms with Gasteiger partial charge in [0.25, 0.3) is 0 Å². The van der Waals surface area contributed by atoms with Crippen LogP contribution in [-0.2, 0) is 0 Å². The topological polar surface area (TPSA) is 196 Å². The summed E-state index contributed by atoms with van der Waals surface area (Å²) >= 11 is 0. The zero-order chi connectivity index (χ0) is 32.5. The van der Waals surface area contributed by atoms with Gasteiger partial charge in [0.2, 0.25) is 10.9 Å². The Morgan fingerprint density at radius 3 is 1.13 bits per heavy atom. The van der Waals surface area contributed by atoms with Crippen molar-refractivity contribution in [3.63, 3.8) is 0 Å². The van der Waals surface area contributed by atoms with Gasteiger partial charge in [0, 0.05) is 76.6 Å². The summed E-state index contributed by atoms with van der Waals surface area (Å²) in [6.45, 7) is 8.10. The molecule has 0 fully saturated rings. The fraction of sp³-hybridized carbons (Fsp3) is 0.200. The lowest BCUT2D eigenvalue weighted by Crippen LogP contribution is -2.12. The number of fused-ring (bicyclic) bond motifs is 2. The molecule has 45 heavy (non-hydrogen) atoms. The van der Waals surface area contributed by atoms with Crippen molar-refractivity contribution in [1.29, 1.82) is 0 Å². The van der Waals surface area contributed by atoms with Crippen LogP contribution in [0, 0.1) is 6.92 Å². The van der Waals surface area contributed by atoms with Crippen molar-refractivity contribution in [2.45, 2.75) is 46.5 Å². The van der Waals surface area contributed by atoms with Gasteiger partial charge in [0.05, 0.1) is 21.5 Å². The van der Waals surface area contributed by atoms with Crippen LogP contribution in [0.2, 0.25) is 0 Å². The number of rotatable bonds is 2. The summed E-state index contributed by atoms with van der Waals surface area (Å²) in [4.78, 5) is 28.8. The molecule has 0 unspecified atom stereocenters. The van der Waals surface area contributed by atoms with Crippen LogP contribution in [0.25, 0.3) is 75.4 Å². The standard InChI is InChI=1S/C35H26O10/c1-7(2)12-30(40)23-20-17-16-14(10(36)6-11(37)15(16)34(44)26(20)32(12)42)22-19-18(17)21-24(23)31(41)13(8(3)4)33(43)27(21)35(45)25(19)29(39)9(5)28(22)38/h6-8,36-43H,1-5H3. The summed E-state index contributed by atoms with van der Waals surface area (Å²) < 4.78 is 0. The highest BCUT2D eigenvalue weighted by molar-refractivity contribution is 6.51. The van der Waals surface area contributed by atoms with Gasteiger partial charge in [-0.2, -0.15) is 0 Å². The largest absolute Gasteiger partial charge is 0.507 e. The van der Waals surface area contributed by atoms with Gasteiger partial charge < -0.3 is 40.9 Å². The van der Waals surface area contributed by atoms with Crippen LogP contribution < -0.4 is 10.9 Å². The van der Waals surface area contributed by atoms with Crippen molar-refractivity contribution in [3.8, 4) is 46.0 Å². The quantitative estimate of drug-likeness (QED) is 0.0802. The molecule has 10 heteroatoms. The van der Waals surface area contributed by atoms with E-state index in [1.165, 1.54) is 6.92 Å². The first-order valence-corrected chi connectivity index (χ1v) is 14.4. The molecule has 0 bridgehead atoms. The molecule has 0 aliphatic rings. The Morgan fingerprint density at radius 1 is 0.400 bits per heavy atom. The molecule has 8 rings (SSSR count). The minimum atomic E-state index is -0.833. The first-order chi connectivity index (χ1) is 21.1. The Kier molecular flexibility index (Phi) is 4.73. The smallest absolute Gasteiger partial charge is 0.201 e. The van der Waals surface area contributed by atoms with Crippen molar-refractivity contribution < 1.29 is 40.9 Å². The van der Waals surface area contributed by atoms with E-state index < -0.39 is 68.7 Å². The van der Waals surface area contributed by atoms with Gasteiger partial charge in [-0.05, 0) is 18.8 Å². The van der Waals surface area contributed by atoms with Crippen LogP contribution in [0.5, 0.6) is 46.0 Å². The van der Waals surface area contributed by atoms with E-state index in [-0.39, 0.29) is 92.1 Å². The molecule has 0 saturated heterocycles. The predicted octanol–water partition coefficient (Wildman–Crippen LogP) is 6.43. The molecule has 0 atom stereocenters. The van der Waals surface area contributed by atoms with Crippen LogP contribution in [0.1, 0.15) is 56.2 Å². The Morgan fingerprint density at radius 2 is 0.689 bits per heavy atom. The van der Waals surface area contributed by atoms with Crippen molar-refractivity contribution in [3.05, 3.63) is 43.2 Å². The number of benzene rings is 8. The number of phenolic OH excluding ortho intramolecular Hbond substituents is 8. The van der Waals surface area contributed by atoms with Gasteiger partial charge in [-0.15, -0.1) is 0 Å². The summed E-state index contributed by atoms with van der Waals surface area (Å²) in [5.74, 6) is -5.35. The highest BCUT2D eigenvalue weighted by atomic mass is 16.3. The van der Waals surface area contributed by atoms with Crippen molar-refractivity contribution in [2.75, 3.05) is 0 Å². The normalized spacial score (nSPS) is 13.0. The van der Waals surface area contributed by atoms with Gasteiger partial charge in [0.1, 0.15) is 46.0 Å². The molecule has 8 aromatic rings. The lowest BCUT2D eigenvalue weighted by Gasteiger charge is -2.27. The second-order valence-corrected chi connectivity index (χ2v) is 12.7. The summed E-state index contributed by atoms with van der Waals surface area (Å²) in [6, 6.07) is 0.928. The second kappa shape index (κ2) is 7.89. The predicted molar refractivity (Wildman–Crippen MR) is 173 cm³/mol. The molecular formula is C35H26O10. The van der Waals surface area contributed by atoms with Crippen LogP contribution in [0.15, 0.2) is 15.7 Å². The van der Waals surface area contributed by atoms with Gasteiger partial charge >= 0.3 is 0 Å². The van der Waals surface area contributed by atoms with Crippen LogP contribution in [0.4, 0.5) is 0 Å². The molecule has 0 amide bonds. The minimum Gasteiger partial charge on any atom is -0.507 e. The average molecular weight is 607 g/mol. The van der Waals surface area contributed by atoms with E-state index in [1.54, 1.807) is 27.7 Å². The van der Waals surface area contributed by atoms with E-state index in [0.29, 0.717) is 0 Å². The highest BCUT2D eigenvalue weighted by Gasteiger charge is 2.37. The van der Waals surface area contributed by atoms with E-state index in [0.717, 1.165) is 6.07 Å². The summed E-state index contributed by atoms with van der Waals surface area (Å²) in [6.07, 6.45) is 0. The highest BCUT2D eigenvalue weighted by Crippen LogP contribution is 2.61. The fourth-order valence-corrected chi connectivity index (χ4v) is 7.96. The maximum Gasteiger partial charge on any atom is 0.201 e. The Labute approximate surface area is 251 Å². The van der Waals surface area contributed by atoms with Crippen molar-refractivity contribution >= 4 is 75.4 Å². The molecule has 8 aromatic carbocycles. The van der Waals surface area contributed by atoms with Crippen LogP contribution in [0.3, 0.4) is 0 Å². The van der Waals surface area contributed by atoms with Gasteiger partial charge in [0.15, 0.2) is 0 Å².